The number of halogens is 1. The smallest absolute Gasteiger partial charge is 0.246 e. The Bertz CT molecular complexity index is 606. The highest BCUT2D eigenvalue weighted by molar-refractivity contribution is 7.89. The van der Waals surface area contributed by atoms with Crippen molar-refractivity contribution in [3.05, 3.63) is 29.6 Å². The molecule has 21 heavy (non-hydrogen) atoms. The van der Waals surface area contributed by atoms with Crippen molar-refractivity contribution < 1.29 is 17.9 Å². The number of likely N-dealkylation sites (tertiary alicyclic amines) is 1. The monoisotopic (exact) mass is 316 g/mol. The van der Waals surface area contributed by atoms with Crippen molar-refractivity contribution in [3.63, 3.8) is 0 Å². The predicted molar refractivity (Wildman–Crippen MR) is 77.8 cm³/mol. The molecule has 1 aromatic carbocycles. The number of likely N-dealkylation sites (N-methyl/N-ethyl adjacent to an activating group) is 2. The number of benzene rings is 1. The number of hydrogen-bond donors (Lipinski definition) is 1. The van der Waals surface area contributed by atoms with Gasteiger partial charge in [0.05, 0.1) is 6.61 Å². The van der Waals surface area contributed by atoms with Gasteiger partial charge in [-0.25, -0.2) is 12.8 Å². The maximum absolute atomic E-state index is 14.0. The fraction of sp³-hybridized carbons (Fsp3) is 0.571. The molecule has 1 unspecified atom stereocenters. The van der Waals surface area contributed by atoms with Gasteiger partial charge in [-0.2, -0.15) is 4.31 Å². The van der Waals surface area contributed by atoms with E-state index in [-0.39, 0.29) is 17.5 Å². The third kappa shape index (κ3) is 3.42. The van der Waals surface area contributed by atoms with Gasteiger partial charge in [0.25, 0.3) is 0 Å². The summed E-state index contributed by atoms with van der Waals surface area (Å²) in [5.41, 5.74) is 0.353. The van der Waals surface area contributed by atoms with E-state index in [1.807, 2.05) is 7.05 Å². The van der Waals surface area contributed by atoms with Gasteiger partial charge in [0.2, 0.25) is 10.0 Å². The molecule has 1 fully saturated rings. The topological polar surface area (TPSA) is 60.9 Å². The Balaban J connectivity index is 2.28. The van der Waals surface area contributed by atoms with Crippen LogP contribution < -0.4 is 0 Å². The Morgan fingerprint density at radius 3 is 2.76 bits per heavy atom. The lowest BCUT2D eigenvalue weighted by Gasteiger charge is -2.35. The number of aliphatic hydroxyl groups excluding tert-OH is 1. The second-order valence-corrected chi connectivity index (χ2v) is 7.47. The van der Waals surface area contributed by atoms with Crippen molar-refractivity contribution >= 4 is 10.0 Å². The van der Waals surface area contributed by atoms with E-state index in [4.69, 9.17) is 5.11 Å². The lowest BCUT2D eigenvalue weighted by atomic mass is 10.1. The SMILES string of the molecule is CN1CCCC(N(C)S(=O)(=O)c2ccc(CO)cc2F)C1. The third-order valence-corrected chi connectivity index (χ3v) is 5.89. The molecule has 0 saturated carbocycles. The summed E-state index contributed by atoms with van der Waals surface area (Å²) >= 11 is 0. The van der Waals surface area contributed by atoms with Crippen LogP contribution in [0.25, 0.3) is 0 Å². The van der Waals surface area contributed by atoms with Crippen LogP contribution in [0.15, 0.2) is 23.1 Å². The van der Waals surface area contributed by atoms with Crippen molar-refractivity contribution in [1.82, 2.24) is 9.21 Å². The van der Waals surface area contributed by atoms with Gasteiger partial charge in [-0.05, 0) is 44.1 Å². The van der Waals surface area contributed by atoms with Crippen molar-refractivity contribution in [1.29, 1.82) is 0 Å². The van der Waals surface area contributed by atoms with Crippen molar-refractivity contribution in [2.24, 2.45) is 0 Å². The van der Waals surface area contributed by atoms with E-state index in [0.29, 0.717) is 12.1 Å². The quantitative estimate of drug-likeness (QED) is 0.901. The van der Waals surface area contributed by atoms with Crippen LogP contribution in [0.3, 0.4) is 0 Å². The van der Waals surface area contributed by atoms with Crippen LogP contribution in [-0.2, 0) is 16.6 Å². The minimum absolute atomic E-state index is 0.148. The summed E-state index contributed by atoms with van der Waals surface area (Å²) in [6.45, 7) is 1.27. The second-order valence-electron chi connectivity index (χ2n) is 5.50. The maximum Gasteiger partial charge on any atom is 0.246 e. The molecular formula is C14H21FN2O3S. The van der Waals surface area contributed by atoms with E-state index in [1.54, 1.807) is 0 Å². The van der Waals surface area contributed by atoms with Gasteiger partial charge < -0.3 is 10.0 Å². The Morgan fingerprint density at radius 2 is 2.19 bits per heavy atom. The van der Waals surface area contributed by atoms with Crippen molar-refractivity contribution in [2.75, 3.05) is 27.2 Å². The van der Waals surface area contributed by atoms with E-state index >= 15 is 0 Å². The molecule has 0 bridgehead atoms. The molecular weight excluding hydrogens is 295 g/mol. The average molecular weight is 316 g/mol. The summed E-state index contributed by atoms with van der Waals surface area (Å²) in [5.74, 6) is -0.822. The van der Waals surface area contributed by atoms with Crippen LogP contribution in [0.4, 0.5) is 4.39 Å². The standard InChI is InChI=1S/C14H21FN2O3S/c1-16-7-3-4-12(9-16)17(2)21(19,20)14-6-5-11(10-18)8-13(14)15/h5-6,8,12,18H,3-4,7,9-10H2,1-2H3. The lowest BCUT2D eigenvalue weighted by Crippen LogP contribution is -2.47. The predicted octanol–water partition coefficient (Wildman–Crippen LogP) is 1.03. The van der Waals surface area contributed by atoms with Gasteiger partial charge in [-0.1, -0.05) is 6.07 Å². The highest BCUT2D eigenvalue weighted by atomic mass is 32.2. The number of piperidine rings is 1. The zero-order valence-electron chi connectivity index (χ0n) is 12.3. The molecule has 1 aliphatic heterocycles. The maximum atomic E-state index is 14.0. The molecule has 1 N–H and O–H groups in total. The van der Waals surface area contributed by atoms with Crippen LogP contribution in [0.2, 0.25) is 0 Å². The molecule has 0 amide bonds. The van der Waals surface area contributed by atoms with E-state index in [9.17, 15) is 12.8 Å². The first-order valence-electron chi connectivity index (χ1n) is 6.92. The van der Waals surface area contributed by atoms with Crippen molar-refractivity contribution in [3.8, 4) is 0 Å². The summed E-state index contributed by atoms with van der Waals surface area (Å²) in [4.78, 5) is 1.74. The Morgan fingerprint density at radius 1 is 1.48 bits per heavy atom. The third-order valence-electron chi connectivity index (χ3n) is 3.95. The first-order chi connectivity index (χ1) is 9.86. The highest BCUT2D eigenvalue weighted by Crippen LogP contribution is 2.24. The minimum Gasteiger partial charge on any atom is -0.392 e. The normalized spacial score (nSPS) is 20.9. The summed E-state index contributed by atoms with van der Waals surface area (Å²) in [7, 11) is -0.421. The molecule has 0 spiro atoms. The number of nitrogens with zero attached hydrogens (tertiary/aromatic N) is 2. The zero-order chi connectivity index (χ0) is 15.6. The molecule has 1 atom stereocenters. The molecule has 118 valence electrons. The van der Waals surface area contributed by atoms with Crippen LogP contribution in [-0.4, -0.2) is 56.0 Å². The molecule has 7 heteroatoms. The number of sulfonamides is 1. The van der Waals surface area contributed by atoms with Gasteiger partial charge in [0.1, 0.15) is 10.7 Å². The van der Waals surface area contributed by atoms with Crippen LogP contribution in [0.1, 0.15) is 18.4 Å². The van der Waals surface area contributed by atoms with E-state index in [2.05, 4.69) is 4.90 Å². The molecule has 0 radical (unpaired) electrons. The minimum atomic E-state index is -3.87. The van der Waals surface area contributed by atoms with Crippen LogP contribution >= 0.6 is 0 Å². The Hall–Kier alpha value is -1.02. The van der Waals surface area contributed by atoms with Crippen molar-refractivity contribution in [2.45, 2.75) is 30.4 Å². The second kappa shape index (κ2) is 6.39. The van der Waals surface area contributed by atoms with Gasteiger partial charge in [0, 0.05) is 19.6 Å². The van der Waals surface area contributed by atoms with Gasteiger partial charge in [-0.3, -0.25) is 0 Å². The molecule has 1 saturated heterocycles. The molecule has 2 rings (SSSR count). The average Bonchev–Trinajstić information content (AvgIpc) is 2.45. The van der Waals surface area contributed by atoms with Crippen LogP contribution in [0.5, 0.6) is 0 Å². The largest absolute Gasteiger partial charge is 0.392 e. The molecule has 1 aromatic rings. The molecule has 0 aliphatic carbocycles. The molecule has 1 aliphatic rings. The Kier molecular flexibility index (Phi) is 4.98. The number of hydrogen-bond acceptors (Lipinski definition) is 4. The van der Waals surface area contributed by atoms with E-state index < -0.39 is 15.8 Å². The lowest BCUT2D eigenvalue weighted by molar-refractivity contribution is 0.187. The first kappa shape index (κ1) is 16.4. The summed E-state index contributed by atoms with van der Waals surface area (Å²) in [6.07, 6.45) is 1.70. The van der Waals surface area contributed by atoms with Crippen LogP contribution in [0, 0.1) is 5.82 Å². The Labute approximate surface area is 125 Å². The first-order valence-corrected chi connectivity index (χ1v) is 8.36. The van der Waals surface area contributed by atoms with Gasteiger partial charge in [-0.15, -0.1) is 0 Å². The molecule has 0 aromatic heterocycles. The fourth-order valence-corrected chi connectivity index (χ4v) is 4.06. The highest BCUT2D eigenvalue weighted by Gasteiger charge is 2.32. The summed E-state index contributed by atoms with van der Waals surface area (Å²) in [5, 5.41) is 8.97. The molecule has 1 heterocycles. The van der Waals surface area contributed by atoms with E-state index in [1.165, 1.54) is 23.5 Å². The fourth-order valence-electron chi connectivity index (χ4n) is 2.64. The van der Waals surface area contributed by atoms with Gasteiger partial charge >= 0.3 is 0 Å². The van der Waals surface area contributed by atoms with Gasteiger partial charge in [0.15, 0.2) is 0 Å². The summed E-state index contributed by atoms with van der Waals surface area (Å²) in [6, 6.07) is 3.56. The van der Waals surface area contributed by atoms with E-state index in [0.717, 1.165) is 25.5 Å². The number of rotatable bonds is 4. The summed E-state index contributed by atoms with van der Waals surface area (Å²) < 4.78 is 40.4. The molecule has 5 nitrogen and oxygen atoms in total. The number of aliphatic hydroxyl groups is 1. The zero-order valence-corrected chi connectivity index (χ0v) is 13.1.